The Bertz CT molecular complexity index is 1330. The lowest BCUT2D eigenvalue weighted by atomic mass is 10.0. The number of aromatic nitrogens is 1. The van der Waals surface area contributed by atoms with Gasteiger partial charge in [0.15, 0.2) is 0 Å². The van der Waals surface area contributed by atoms with Crippen LogP contribution in [0.3, 0.4) is 0 Å². The first-order valence-electron chi connectivity index (χ1n) is 10.3. The molecule has 32 heavy (non-hydrogen) atoms. The number of hydrogen-bond donors (Lipinski definition) is 1. The molecule has 2 aliphatic heterocycles. The van der Waals surface area contributed by atoms with Crippen LogP contribution in [0.15, 0.2) is 95.3 Å². The van der Waals surface area contributed by atoms with Crippen LogP contribution in [0.1, 0.15) is 22.4 Å². The van der Waals surface area contributed by atoms with Crippen molar-refractivity contribution in [2.24, 2.45) is 4.99 Å². The van der Waals surface area contributed by atoms with Gasteiger partial charge in [0.25, 0.3) is 0 Å². The molecule has 0 spiro atoms. The number of halogens is 2. The van der Waals surface area contributed by atoms with Crippen molar-refractivity contribution < 1.29 is 17.9 Å². The number of aliphatic imine (C=N–C) groups is 1. The molecule has 0 aliphatic carbocycles. The summed E-state index contributed by atoms with van der Waals surface area (Å²) in [5, 5.41) is 0. The van der Waals surface area contributed by atoms with E-state index >= 15 is 0 Å². The van der Waals surface area contributed by atoms with E-state index in [1.165, 1.54) is 6.08 Å². The molecule has 7 heteroatoms. The first-order chi connectivity index (χ1) is 15.4. The van der Waals surface area contributed by atoms with Crippen molar-refractivity contribution in [3.8, 4) is 11.3 Å². The van der Waals surface area contributed by atoms with Gasteiger partial charge in [0, 0.05) is 22.9 Å². The molecule has 5 rings (SSSR count). The average molecular weight is 429 g/mol. The average Bonchev–Trinajstić information content (AvgIpc) is 3.44. The maximum absolute atomic E-state index is 14.4. The van der Waals surface area contributed by atoms with Gasteiger partial charge in [-0.25, -0.2) is 4.99 Å². The molecule has 0 saturated heterocycles. The second-order valence-corrected chi connectivity index (χ2v) is 7.77. The Morgan fingerprint density at radius 1 is 0.781 bits per heavy atom. The number of rotatable bonds is 3. The summed E-state index contributed by atoms with van der Waals surface area (Å²) >= 11 is 0. The van der Waals surface area contributed by atoms with Crippen LogP contribution in [-0.2, 0) is 9.31 Å². The van der Waals surface area contributed by atoms with Gasteiger partial charge in [-0.2, -0.15) is 0 Å². The van der Waals surface area contributed by atoms with Crippen LogP contribution in [0.25, 0.3) is 17.0 Å². The molecule has 0 fully saturated rings. The van der Waals surface area contributed by atoms with Crippen molar-refractivity contribution in [2.45, 2.75) is 13.8 Å². The van der Waals surface area contributed by atoms with E-state index in [9.17, 15) is 8.63 Å². The van der Waals surface area contributed by atoms with E-state index < -0.39 is 7.11 Å². The molecule has 0 saturated carbocycles. The molecule has 2 aliphatic rings. The zero-order valence-corrected chi connectivity index (χ0v) is 17.6. The van der Waals surface area contributed by atoms with Crippen LogP contribution in [0, 0.1) is 13.8 Å². The standard InChI is InChI=1S/C25H20BF2N2O2/c1-16-7-3-5-9-18(16)20-11-13-22(29-20)24-15-25(32-26(27,28)31-24)23-14-12-21(30-23)19-10-6-4-8-17(19)2/h3-15,29H,1-2H3/q-1/b25-23-. The predicted octanol–water partition coefficient (Wildman–Crippen LogP) is 6.33. The summed E-state index contributed by atoms with van der Waals surface area (Å²) in [6, 6.07) is 19.2. The van der Waals surface area contributed by atoms with Crippen molar-refractivity contribution in [3.63, 3.8) is 0 Å². The van der Waals surface area contributed by atoms with Gasteiger partial charge >= 0.3 is 7.11 Å². The van der Waals surface area contributed by atoms with E-state index in [-0.39, 0.29) is 11.5 Å². The number of nitrogens with zero attached hydrogens (tertiary/aromatic N) is 1. The van der Waals surface area contributed by atoms with Gasteiger partial charge < -0.3 is 22.9 Å². The highest BCUT2D eigenvalue weighted by Gasteiger charge is 2.39. The maximum atomic E-state index is 14.4. The second-order valence-electron chi connectivity index (χ2n) is 7.77. The summed E-state index contributed by atoms with van der Waals surface area (Å²) in [6.45, 7) is 3.98. The van der Waals surface area contributed by atoms with Gasteiger partial charge in [0.2, 0.25) is 0 Å². The minimum absolute atomic E-state index is 0.0107. The third-order valence-corrected chi connectivity index (χ3v) is 5.49. The minimum atomic E-state index is -4.53. The smallest absolute Gasteiger partial charge is 0.626 e. The highest BCUT2D eigenvalue weighted by Crippen LogP contribution is 2.35. The Morgan fingerprint density at radius 2 is 1.44 bits per heavy atom. The zero-order chi connectivity index (χ0) is 22.3. The number of aromatic amines is 1. The van der Waals surface area contributed by atoms with Crippen LogP contribution in [0.5, 0.6) is 0 Å². The molecule has 0 amide bonds. The fourth-order valence-corrected chi connectivity index (χ4v) is 3.86. The van der Waals surface area contributed by atoms with Crippen LogP contribution in [0.4, 0.5) is 8.63 Å². The van der Waals surface area contributed by atoms with Crippen LogP contribution >= 0.6 is 0 Å². The molecule has 0 unspecified atom stereocenters. The third kappa shape index (κ3) is 3.77. The van der Waals surface area contributed by atoms with E-state index in [0.29, 0.717) is 17.1 Å². The van der Waals surface area contributed by atoms with Crippen molar-refractivity contribution in [2.75, 3.05) is 0 Å². The molecule has 0 radical (unpaired) electrons. The molecule has 3 aromatic rings. The molecular weight excluding hydrogens is 409 g/mol. The van der Waals surface area contributed by atoms with E-state index in [0.717, 1.165) is 27.9 Å². The number of hydrogen-bond acceptors (Lipinski definition) is 3. The summed E-state index contributed by atoms with van der Waals surface area (Å²) < 4.78 is 38.5. The van der Waals surface area contributed by atoms with E-state index in [1.807, 2.05) is 68.4 Å². The van der Waals surface area contributed by atoms with E-state index in [1.54, 1.807) is 18.2 Å². The normalized spacial score (nSPS) is 19.2. The largest absolute Gasteiger partial charge is 0.726 e. The fraction of sp³-hybridized carbons (Fsp3) is 0.0800. The summed E-state index contributed by atoms with van der Waals surface area (Å²) in [6.07, 6.45) is 4.93. The van der Waals surface area contributed by atoms with E-state index in [2.05, 4.69) is 9.98 Å². The van der Waals surface area contributed by atoms with E-state index in [4.69, 9.17) is 9.31 Å². The van der Waals surface area contributed by atoms with Gasteiger partial charge in [-0.05, 0) is 49.3 Å². The maximum Gasteiger partial charge on any atom is 0.726 e. The molecule has 1 aromatic heterocycles. The number of allylic oxidation sites excluding steroid dienone is 3. The molecule has 4 nitrogen and oxygen atoms in total. The van der Waals surface area contributed by atoms with Gasteiger partial charge in [-0.3, -0.25) is 0 Å². The second kappa shape index (κ2) is 7.68. The molecular formula is C25H20BF2N2O2-. The molecule has 3 heterocycles. The van der Waals surface area contributed by atoms with Crippen LogP contribution in [0.2, 0.25) is 0 Å². The number of H-pyrrole nitrogens is 1. The van der Waals surface area contributed by atoms with Crippen LogP contribution < -0.4 is 0 Å². The quantitative estimate of drug-likeness (QED) is 0.495. The van der Waals surface area contributed by atoms with Gasteiger partial charge in [0.05, 0.1) is 11.4 Å². The lowest BCUT2D eigenvalue weighted by molar-refractivity contribution is 0.171. The minimum Gasteiger partial charge on any atom is -0.626 e. The monoisotopic (exact) mass is 429 g/mol. The van der Waals surface area contributed by atoms with Crippen LogP contribution in [-0.4, -0.2) is 17.8 Å². The Kier molecular flexibility index (Phi) is 4.81. The van der Waals surface area contributed by atoms with Crippen molar-refractivity contribution in [1.29, 1.82) is 0 Å². The number of benzene rings is 2. The topological polar surface area (TPSA) is 46.6 Å². The van der Waals surface area contributed by atoms with Crippen molar-refractivity contribution in [1.82, 2.24) is 4.98 Å². The molecule has 1 N–H and O–H groups in total. The highest BCUT2D eigenvalue weighted by molar-refractivity contribution is 6.53. The lowest BCUT2D eigenvalue weighted by Crippen LogP contribution is -2.34. The zero-order valence-electron chi connectivity index (χ0n) is 17.6. The molecule has 2 aromatic carbocycles. The predicted molar refractivity (Wildman–Crippen MR) is 123 cm³/mol. The summed E-state index contributed by atoms with van der Waals surface area (Å²) in [7, 11) is -4.53. The molecule has 160 valence electrons. The first-order valence-corrected chi connectivity index (χ1v) is 10.3. The summed E-state index contributed by atoms with van der Waals surface area (Å²) in [5.74, 6) is -0.0142. The third-order valence-electron chi connectivity index (χ3n) is 5.49. The Hall–Kier alpha value is -3.87. The Morgan fingerprint density at radius 3 is 2.16 bits per heavy atom. The Balaban J connectivity index is 1.53. The van der Waals surface area contributed by atoms with Crippen molar-refractivity contribution in [3.05, 3.63) is 113 Å². The lowest BCUT2D eigenvalue weighted by Gasteiger charge is -2.34. The van der Waals surface area contributed by atoms with Gasteiger partial charge in [-0.15, -0.1) is 0 Å². The van der Waals surface area contributed by atoms with Gasteiger partial charge in [-0.1, -0.05) is 48.5 Å². The molecule has 0 atom stereocenters. The molecule has 0 bridgehead atoms. The number of nitrogens with one attached hydrogen (secondary N) is 1. The Labute approximate surface area is 184 Å². The summed E-state index contributed by atoms with van der Waals surface area (Å²) in [5.41, 5.74) is 6.36. The highest BCUT2D eigenvalue weighted by atomic mass is 19.3. The van der Waals surface area contributed by atoms with Crippen molar-refractivity contribution >= 4 is 18.6 Å². The first kappa shape index (κ1) is 20.1. The number of aryl methyl sites for hydroxylation is 2. The van der Waals surface area contributed by atoms with Gasteiger partial charge in [0.1, 0.15) is 17.2 Å². The SMILES string of the molecule is Cc1ccccc1C1=N/C(=C2/C=C(c3ccc(-c4ccccc4C)[nH]3)O[B-](F)(F)O2)C=C1. The summed E-state index contributed by atoms with van der Waals surface area (Å²) in [4.78, 5) is 7.71. The fourth-order valence-electron chi connectivity index (χ4n) is 3.86.